The van der Waals surface area contributed by atoms with Crippen LogP contribution < -0.4 is 19.8 Å². The Labute approximate surface area is 174 Å². The summed E-state index contributed by atoms with van der Waals surface area (Å²) in [5, 5.41) is 0. The van der Waals surface area contributed by atoms with Gasteiger partial charge >= 0.3 is 0 Å². The Kier molecular flexibility index (Phi) is 5.18. The Hall–Kier alpha value is -3.74. The average Bonchev–Trinajstić information content (AvgIpc) is 3.21. The summed E-state index contributed by atoms with van der Waals surface area (Å²) in [5.74, 6) is 1.55. The Balaban J connectivity index is 1.66. The number of carbonyl (C=O) groups is 1. The summed E-state index contributed by atoms with van der Waals surface area (Å²) in [4.78, 5) is 27.9. The Morgan fingerprint density at radius 2 is 1.90 bits per heavy atom. The van der Waals surface area contributed by atoms with E-state index in [9.17, 15) is 9.59 Å². The number of amides is 1. The molecular formula is C23H22N2O5. The van der Waals surface area contributed by atoms with Gasteiger partial charge in [-0.1, -0.05) is 18.2 Å². The molecule has 0 atom stereocenters. The molecule has 0 radical (unpaired) electrons. The highest BCUT2D eigenvalue weighted by Crippen LogP contribution is 2.32. The number of pyridine rings is 1. The molecule has 2 aromatic carbocycles. The van der Waals surface area contributed by atoms with Crippen LogP contribution in [0.25, 0.3) is 5.69 Å². The van der Waals surface area contributed by atoms with Crippen LogP contribution in [0.5, 0.6) is 17.2 Å². The van der Waals surface area contributed by atoms with Crippen molar-refractivity contribution >= 4 is 5.91 Å². The molecule has 0 saturated carbocycles. The highest BCUT2D eigenvalue weighted by Gasteiger charge is 2.22. The molecule has 1 aliphatic heterocycles. The van der Waals surface area contributed by atoms with E-state index in [-0.39, 0.29) is 23.8 Å². The molecule has 7 nitrogen and oxygen atoms in total. The van der Waals surface area contributed by atoms with Crippen molar-refractivity contribution < 1.29 is 19.0 Å². The molecule has 0 unspecified atom stereocenters. The first kappa shape index (κ1) is 19.6. The van der Waals surface area contributed by atoms with Gasteiger partial charge in [-0.25, -0.2) is 0 Å². The van der Waals surface area contributed by atoms with Crippen LogP contribution in [0.2, 0.25) is 0 Å². The summed E-state index contributed by atoms with van der Waals surface area (Å²) in [7, 11) is 3.22. The van der Waals surface area contributed by atoms with E-state index in [1.807, 2.05) is 30.3 Å². The highest BCUT2D eigenvalue weighted by molar-refractivity contribution is 5.95. The van der Waals surface area contributed by atoms with Gasteiger partial charge in [0, 0.05) is 19.8 Å². The van der Waals surface area contributed by atoms with E-state index >= 15 is 0 Å². The molecule has 0 spiro atoms. The van der Waals surface area contributed by atoms with Crippen molar-refractivity contribution in [1.82, 2.24) is 9.47 Å². The van der Waals surface area contributed by atoms with Crippen LogP contribution >= 0.6 is 0 Å². The number of carbonyl (C=O) groups excluding carboxylic acids is 1. The molecule has 154 valence electrons. The van der Waals surface area contributed by atoms with Crippen molar-refractivity contribution in [3.63, 3.8) is 0 Å². The first-order valence-electron chi connectivity index (χ1n) is 9.49. The number of hydrogen-bond acceptors (Lipinski definition) is 5. The van der Waals surface area contributed by atoms with Crippen LogP contribution in [0.4, 0.5) is 0 Å². The van der Waals surface area contributed by atoms with Gasteiger partial charge in [-0.15, -0.1) is 0 Å². The zero-order valence-corrected chi connectivity index (χ0v) is 17.0. The maximum absolute atomic E-state index is 13.2. The summed E-state index contributed by atoms with van der Waals surface area (Å²) in [6.07, 6.45) is 1.66. The lowest BCUT2D eigenvalue weighted by molar-refractivity contribution is 0.0782. The smallest absolute Gasteiger partial charge is 0.268 e. The standard InChI is InChI=1S/C23H22N2O5/c1-15-10-11-25(17-6-4-5-7-18(17)28-3)23(27)21(15)22(26)24(2)13-16-8-9-19-20(12-16)30-14-29-19/h4-12H,13-14H2,1-3H3. The van der Waals surface area contributed by atoms with E-state index in [1.54, 1.807) is 45.5 Å². The van der Waals surface area contributed by atoms with Gasteiger partial charge < -0.3 is 19.1 Å². The summed E-state index contributed by atoms with van der Waals surface area (Å²) in [5.41, 5.74) is 1.83. The number of nitrogens with zero attached hydrogens (tertiary/aromatic N) is 2. The van der Waals surface area contributed by atoms with E-state index in [4.69, 9.17) is 14.2 Å². The number of fused-ring (bicyclic) bond motifs is 1. The van der Waals surface area contributed by atoms with Crippen LogP contribution in [-0.2, 0) is 6.54 Å². The predicted molar refractivity (Wildman–Crippen MR) is 112 cm³/mol. The van der Waals surface area contributed by atoms with Gasteiger partial charge in [0.25, 0.3) is 11.5 Å². The van der Waals surface area contributed by atoms with Crippen LogP contribution in [0.3, 0.4) is 0 Å². The van der Waals surface area contributed by atoms with Crippen molar-refractivity contribution in [3.05, 3.63) is 81.8 Å². The van der Waals surface area contributed by atoms with Crippen LogP contribution in [-0.4, -0.2) is 36.3 Å². The molecular weight excluding hydrogens is 384 g/mol. The van der Waals surface area contributed by atoms with Gasteiger partial charge in [-0.05, 0) is 48.4 Å². The third-order valence-electron chi connectivity index (χ3n) is 5.06. The van der Waals surface area contributed by atoms with Crippen molar-refractivity contribution in [2.24, 2.45) is 0 Å². The SMILES string of the molecule is COc1ccccc1-n1ccc(C)c(C(=O)N(C)Cc2ccc3c(c2)OCO3)c1=O. The minimum Gasteiger partial charge on any atom is -0.495 e. The fraction of sp³-hybridized carbons (Fsp3) is 0.217. The second-order valence-corrected chi connectivity index (χ2v) is 7.07. The van der Waals surface area contributed by atoms with Gasteiger partial charge in [0.15, 0.2) is 11.5 Å². The Morgan fingerprint density at radius 3 is 2.70 bits per heavy atom. The van der Waals surface area contributed by atoms with Crippen molar-refractivity contribution in [1.29, 1.82) is 0 Å². The fourth-order valence-corrected chi connectivity index (χ4v) is 3.48. The topological polar surface area (TPSA) is 70.0 Å². The third kappa shape index (κ3) is 3.50. The van der Waals surface area contributed by atoms with Gasteiger partial charge in [-0.2, -0.15) is 0 Å². The molecule has 0 N–H and O–H groups in total. The van der Waals surface area contributed by atoms with Crippen molar-refractivity contribution in [2.75, 3.05) is 21.0 Å². The quantitative estimate of drug-likeness (QED) is 0.651. The summed E-state index contributed by atoms with van der Waals surface area (Å²) in [6, 6.07) is 14.5. The maximum Gasteiger partial charge on any atom is 0.268 e. The third-order valence-corrected chi connectivity index (χ3v) is 5.06. The molecule has 7 heteroatoms. The Bertz CT molecular complexity index is 1170. The highest BCUT2D eigenvalue weighted by atomic mass is 16.7. The Morgan fingerprint density at radius 1 is 1.13 bits per heavy atom. The predicted octanol–water partition coefficient (Wildman–Crippen LogP) is 3.16. The number of ether oxygens (including phenoxy) is 3. The van der Waals surface area contributed by atoms with Crippen LogP contribution in [0.15, 0.2) is 59.5 Å². The molecule has 0 saturated heterocycles. The average molecular weight is 406 g/mol. The number of hydrogen-bond donors (Lipinski definition) is 0. The largest absolute Gasteiger partial charge is 0.495 e. The number of methoxy groups -OCH3 is 1. The van der Waals surface area contributed by atoms with Gasteiger partial charge in [0.2, 0.25) is 6.79 Å². The van der Waals surface area contributed by atoms with E-state index in [0.717, 1.165) is 5.56 Å². The normalized spacial score (nSPS) is 12.0. The molecule has 3 aromatic rings. The number of benzene rings is 2. The minimum absolute atomic E-state index is 0.131. The van der Waals surface area contributed by atoms with E-state index in [2.05, 4.69) is 0 Å². The van der Waals surface area contributed by atoms with E-state index in [1.165, 1.54) is 9.47 Å². The molecule has 1 amide bonds. The molecule has 1 aliphatic rings. The number of aryl methyl sites for hydroxylation is 1. The van der Waals surface area contributed by atoms with Gasteiger partial charge in [-0.3, -0.25) is 14.2 Å². The molecule has 0 bridgehead atoms. The summed E-state index contributed by atoms with van der Waals surface area (Å²) in [6.45, 7) is 2.28. The second kappa shape index (κ2) is 7.94. The lowest BCUT2D eigenvalue weighted by Crippen LogP contribution is -2.34. The van der Waals surface area contributed by atoms with Gasteiger partial charge in [0.1, 0.15) is 11.3 Å². The van der Waals surface area contributed by atoms with Crippen molar-refractivity contribution in [2.45, 2.75) is 13.5 Å². The molecule has 30 heavy (non-hydrogen) atoms. The number of rotatable bonds is 5. The van der Waals surface area contributed by atoms with Crippen molar-refractivity contribution in [3.8, 4) is 22.9 Å². The van der Waals surface area contributed by atoms with E-state index < -0.39 is 0 Å². The first-order chi connectivity index (χ1) is 14.5. The molecule has 4 rings (SSSR count). The number of aromatic nitrogens is 1. The zero-order chi connectivity index (χ0) is 21.3. The zero-order valence-electron chi connectivity index (χ0n) is 17.0. The fourth-order valence-electron chi connectivity index (χ4n) is 3.48. The van der Waals surface area contributed by atoms with Crippen LogP contribution in [0, 0.1) is 6.92 Å². The molecule has 1 aromatic heterocycles. The second-order valence-electron chi connectivity index (χ2n) is 7.07. The number of para-hydroxylation sites is 2. The molecule has 2 heterocycles. The first-order valence-corrected chi connectivity index (χ1v) is 9.49. The lowest BCUT2D eigenvalue weighted by atomic mass is 10.1. The minimum atomic E-state index is -0.387. The molecule has 0 fully saturated rings. The molecule has 0 aliphatic carbocycles. The van der Waals surface area contributed by atoms with Gasteiger partial charge in [0.05, 0.1) is 12.8 Å². The lowest BCUT2D eigenvalue weighted by Gasteiger charge is -2.19. The summed E-state index contributed by atoms with van der Waals surface area (Å²) < 4.78 is 17.5. The summed E-state index contributed by atoms with van der Waals surface area (Å²) >= 11 is 0. The van der Waals surface area contributed by atoms with Crippen LogP contribution in [0.1, 0.15) is 21.5 Å². The van der Waals surface area contributed by atoms with E-state index in [0.29, 0.717) is 35.0 Å². The monoisotopic (exact) mass is 406 g/mol. The maximum atomic E-state index is 13.2.